The molecule has 1 N–H and O–H groups in total. The second-order valence-corrected chi connectivity index (χ2v) is 5.23. The molecule has 2 unspecified atom stereocenters. The van der Waals surface area contributed by atoms with E-state index in [1.165, 1.54) is 0 Å². The van der Waals surface area contributed by atoms with Crippen LogP contribution in [0, 0.1) is 0 Å². The number of hydrogen-bond acceptors (Lipinski definition) is 3. The van der Waals surface area contributed by atoms with Crippen LogP contribution in [0.3, 0.4) is 0 Å². The van der Waals surface area contributed by atoms with E-state index in [4.69, 9.17) is 0 Å². The van der Waals surface area contributed by atoms with E-state index in [0.717, 1.165) is 16.5 Å². The zero-order valence-electron chi connectivity index (χ0n) is 12.0. The van der Waals surface area contributed by atoms with E-state index in [9.17, 15) is 9.59 Å². The third kappa shape index (κ3) is 2.14. The maximum atomic E-state index is 12.6. The molecule has 2 atom stereocenters. The second kappa shape index (κ2) is 5.16. The predicted molar refractivity (Wildman–Crippen MR) is 80.9 cm³/mol. The third-order valence-corrected chi connectivity index (χ3v) is 3.95. The highest BCUT2D eigenvalue weighted by molar-refractivity contribution is 6.12. The molecule has 2 aromatic rings. The van der Waals surface area contributed by atoms with Gasteiger partial charge in [-0.15, -0.1) is 0 Å². The van der Waals surface area contributed by atoms with E-state index in [-0.39, 0.29) is 11.8 Å². The fourth-order valence-electron chi connectivity index (χ4n) is 2.74. The van der Waals surface area contributed by atoms with Crippen molar-refractivity contribution < 1.29 is 9.59 Å². The van der Waals surface area contributed by atoms with Gasteiger partial charge in [-0.3, -0.25) is 19.5 Å². The molecular formula is C16H17N3O2. The monoisotopic (exact) mass is 283 g/mol. The molecule has 1 aromatic heterocycles. The van der Waals surface area contributed by atoms with E-state index >= 15 is 0 Å². The first-order valence-electron chi connectivity index (χ1n) is 7.09. The third-order valence-electron chi connectivity index (χ3n) is 3.95. The quantitative estimate of drug-likeness (QED) is 0.915. The van der Waals surface area contributed by atoms with Crippen LogP contribution in [0.5, 0.6) is 0 Å². The molecular weight excluding hydrogens is 266 g/mol. The number of amides is 2. The second-order valence-electron chi connectivity index (χ2n) is 5.23. The van der Waals surface area contributed by atoms with E-state index < -0.39 is 12.1 Å². The number of nitrogens with zero attached hydrogens (tertiary/aromatic N) is 2. The number of anilines is 1. The summed E-state index contributed by atoms with van der Waals surface area (Å²) in [6.07, 6.45) is 4.03. The van der Waals surface area contributed by atoms with Crippen molar-refractivity contribution in [2.45, 2.75) is 32.4 Å². The number of benzene rings is 1. The number of carbonyl (C=O) groups is 2. The van der Waals surface area contributed by atoms with Gasteiger partial charge in [0.15, 0.2) is 0 Å². The topological polar surface area (TPSA) is 62.3 Å². The van der Waals surface area contributed by atoms with Crippen molar-refractivity contribution in [2.24, 2.45) is 0 Å². The number of nitrogens with one attached hydrogen (secondary N) is 1. The molecule has 0 bridgehead atoms. The molecule has 1 fully saturated rings. The van der Waals surface area contributed by atoms with Crippen LogP contribution in [0.15, 0.2) is 36.7 Å². The lowest BCUT2D eigenvalue weighted by atomic mass is 10.0. The summed E-state index contributed by atoms with van der Waals surface area (Å²) in [6.45, 7) is 3.63. The fourth-order valence-corrected chi connectivity index (χ4v) is 2.74. The molecule has 0 aliphatic carbocycles. The summed E-state index contributed by atoms with van der Waals surface area (Å²) < 4.78 is 0. The summed E-state index contributed by atoms with van der Waals surface area (Å²) >= 11 is 0. The van der Waals surface area contributed by atoms with Crippen molar-refractivity contribution in [1.82, 2.24) is 10.3 Å². The minimum Gasteiger partial charge on any atom is -0.343 e. The molecule has 3 rings (SSSR count). The van der Waals surface area contributed by atoms with Crippen molar-refractivity contribution in [3.63, 3.8) is 0 Å². The molecule has 5 nitrogen and oxygen atoms in total. The number of rotatable bonds is 2. The molecule has 2 heterocycles. The van der Waals surface area contributed by atoms with Gasteiger partial charge >= 0.3 is 0 Å². The maximum Gasteiger partial charge on any atom is 0.250 e. The van der Waals surface area contributed by atoms with Crippen LogP contribution in [-0.2, 0) is 9.59 Å². The van der Waals surface area contributed by atoms with Crippen molar-refractivity contribution in [3.05, 3.63) is 36.7 Å². The van der Waals surface area contributed by atoms with Gasteiger partial charge < -0.3 is 5.32 Å². The van der Waals surface area contributed by atoms with Crippen molar-refractivity contribution >= 4 is 28.3 Å². The van der Waals surface area contributed by atoms with Gasteiger partial charge in [0.05, 0.1) is 5.69 Å². The lowest BCUT2D eigenvalue weighted by Gasteiger charge is -2.37. The SMILES string of the molecule is CCC1NC(=O)C(C)N(c2cccc3ccncc23)C1=O. The van der Waals surface area contributed by atoms with Crippen LogP contribution >= 0.6 is 0 Å². The van der Waals surface area contributed by atoms with Gasteiger partial charge in [-0.2, -0.15) is 0 Å². The number of aromatic nitrogens is 1. The minimum absolute atomic E-state index is 0.0686. The molecule has 1 aromatic carbocycles. The van der Waals surface area contributed by atoms with Gasteiger partial charge in [0.25, 0.3) is 0 Å². The van der Waals surface area contributed by atoms with Crippen LogP contribution in [0.2, 0.25) is 0 Å². The Kier molecular flexibility index (Phi) is 3.33. The highest BCUT2D eigenvalue weighted by Crippen LogP contribution is 2.29. The first-order chi connectivity index (χ1) is 10.1. The van der Waals surface area contributed by atoms with Crippen LogP contribution in [0.4, 0.5) is 5.69 Å². The summed E-state index contributed by atoms with van der Waals surface area (Å²) in [4.78, 5) is 30.5. The Morgan fingerprint density at radius 1 is 1.29 bits per heavy atom. The average Bonchev–Trinajstić information content (AvgIpc) is 2.51. The Hall–Kier alpha value is -2.43. The number of hydrogen-bond donors (Lipinski definition) is 1. The summed E-state index contributed by atoms with van der Waals surface area (Å²) in [5.41, 5.74) is 0.742. The number of carbonyl (C=O) groups excluding carboxylic acids is 2. The molecule has 1 aliphatic heterocycles. The van der Waals surface area contributed by atoms with Crippen LogP contribution < -0.4 is 10.2 Å². The smallest absolute Gasteiger partial charge is 0.250 e. The van der Waals surface area contributed by atoms with Crippen LogP contribution in [-0.4, -0.2) is 28.9 Å². The van der Waals surface area contributed by atoms with E-state index in [1.807, 2.05) is 31.2 Å². The van der Waals surface area contributed by atoms with E-state index in [0.29, 0.717) is 6.42 Å². The minimum atomic E-state index is -0.522. The van der Waals surface area contributed by atoms with Gasteiger partial charge in [-0.25, -0.2) is 0 Å². The number of pyridine rings is 1. The maximum absolute atomic E-state index is 12.6. The molecule has 2 amide bonds. The zero-order chi connectivity index (χ0) is 15.0. The van der Waals surface area contributed by atoms with E-state index in [2.05, 4.69) is 10.3 Å². The van der Waals surface area contributed by atoms with Gasteiger partial charge in [-0.1, -0.05) is 19.1 Å². The molecule has 5 heteroatoms. The van der Waals surface area contributed by atoms with Gasteiger partial charge in [0.1, 0.15) is 12.1 Å². The molecule has 108 valence electrons. The lowest BCUT2D eigenvalue weighted by Crippen LogP contribution is -2.62. The van der Waals surface area contributed by atoms with Gasteiger partial charge in [0, 0.05) is 17.8 Å². The molecule has 1 saturated heterocycles. The fraction of sp³-hybridized carbons (Fsp3) is 0.312. The van der Waals surface area contributed by atoms with Crippen molar-refractivity contribution in [1.29, 1.82) is 0 Å². The normalized spacial score (nSPS) is 22.5. The van der Waals surface area contributed by atoms with Gasteiger partial charge in [0.2, 0.25) is 11.8 Å². The Labute approximate surface area is 123 Å². The predicted octanol–water partition coefficient (Wildman–Crippen LogP) is 1.86. The first-order valence-corrected chi connectivity index (χ1v) is 7.09. The van der Waals surface area contributed by atoms with Crippen LogP contribution in [0.25, 0.3) is 10.8 Å². The van der Waals surface area contributed by atoms with Crippen molar-refractivity contribution in [2.75, 3.05) is 4.90 Å². The standard InChI is InChI=1S/C16H17N3O2/c1-3-13-16(21)19(10(2)15(20)18-13)14-6-4-5-11-7-8-17-9-12(11)14/h4-10,13H,3H2,1-2H3,(H,18,20). The Bertz CT molecular complexity index is 708. The molecule has 0 saturated carbocycles. The first kappa shape index (κ1) is 13.5. The molecule has 0 radical (unpaired) electrons. The summed E-state index contributed by atoms with van der Waals surface area (Å²) in [5.74, 6) is -0.191. The summed E-state index contributed by atoms with van der Waals surface area (Å²) in [6, 6.07) is 6.65. The van der Waals surface area contributed by atoms with Gasteiger partial charge in [-0.05, 0) is 30.9 Å². The summed E-state index contributed by atoms with van der Waals surface area (Å²) in [5, 5.41) is 4.65. The number of piperazine rings is 1. The molecule has 21 heavy (non-hydrogen) atoms. The lowest BCUT2D eigenvalue weighted by molar-refractivity contribution is -0.133. The highest BCUT2D eigenvalue weighted by Gasteiger charge is 2.38. The molecule has 0 spiro atoms. The Balaban J connectivity index is 2.15. The largest absolute Gasteiger partial charge is 0.343 e. The molecule has 1 aliphatic rings. The average molecular weight is 283 g/mol. The summed E-state index contributed by atoms with van der Waals surface area (Å²) in [7, 11) is 0. The Morgan fingerprint density at radius 2 is 2.10 bits per heavy atom. The highest BCUT2D eigenvalue weighted by atomic mass is 16.2. The zero-order valence-corrected chi connectivity index (χ0v) is 12.0. The Morgan fingerprint density at radius 3 is 2.86 bits per heavy atom. The van der Waals surface area contributed by atoms with E-state index in [1.54, 1.807) is 24.2 Å². The number of fused-ring (bicyclic) bond motifs is 1. The van der Waals surface area contributed by atoms with Crippen molar-refractivity contribution in [3.8, 4) is 0 Å². The van der Waals surface area contributed by atoms with Crippen LogP contribution in [0.1, 0.15) is 20.3 Å².